The van der Waals surface area contributed by atoms with Crippen molar-refractivity contribution >= 4 is 11.5 Å². The van der Waals surface area contributed by atoms with Crippen LogP contribution in [0, 0.1) is 6.92 Å². The van der Waals surface area contributed by atoms with Gasteiger partial charge in [-0.15, -0.1) is 0 Å². The maximum absolute atomic E-state index is 11.7. The van der Waals surface area contributed by atoms with E-state index in [1.165, 1.54) is 6.92 Å². The van der Waals surface area contributed by atoms with Crippen molar-refractivity contribution in [2.24, 2.45) is 0 Å². The number of carbonyl (C=O) groups is 1. The fraction of sp³-hybridized carbons (Fsp3) is 0.500. The van der Waals surface area contributed by atoms with Crippen molar-refractivity contribution in [2.75, 3.05) is 31.2 Å². The van der Waals surface area contributed by atoms with Crippen LogP contribution >= 0.6 is 0 Å². The molecule has 0 bridgehead atoms. The summed E-state index contributed by atoms with van der Waals surface area (Å²) in [6.45, 7) is 5.67. The number of aryl methyl sites for hydroxylation is 1. The predicted molar refractivity (Wildman–Crippen MR) is 62.8 cm³/mol. The Bertz CT molecular complexity index is 486. The summed E-state index contributed by atoms with van der Waals surface area (Å²) in [7, 11) is 0. The van der Waals surface area contributed by atoms with Crippen LogP contribution in [0.1, 0.15) is 23.0 Å². The molecule has 0 aromatic carbocycles. The molecule has 0 atom stereocenters. The third kappa shape index (κ3) is 2.39. The zero-order valence-corrected chi connectivity index (χ0v) is 9.99. The van der Waals surface area contributed by atoms with E-state index >= 15 is 0 Å². The van der Waals surface area contributed by atoms with E-state index in [0.717, 1.165) is 0 Å². The Morgan fingerprint density at radius 3 is 2.59 bits per heavy atom. The van der Waals surface area contributed by atoms with Gasteiger partial charge in [0, 0.05) is 19.2 Å². The van der Waals surface area contributed by atoms with Gasteiger partial charge in [0.2, 0.25) is 0 Å². The van der Waals surface area contributed by atoms with E-state index in [9.17, 15) is 9.59 Å². The molecular weight excluding hydrogens is 222 g/mol. The van der Waals surface area contributed by atoms with Crippen molar-refractivity contribution in [2.45, 2.75) is 13.8 Å². The molecule has 1 aromatic heterocycles. The van der Waals surface area contributed by atoms with Gasteiger partial charge < -0.3 is 14.1 Å². The second kappa shape index (κ2) is 4.71. The molecule has 17 heavy (non-hydrogen) atoms. The standard InChI is InChI=1S/C12H15NO4/c1-8-7-10(13-3-5-16-6-4-13)11(9(2)14)12(15)17-8/h7H,3-6H2,1-2H3. The summed E-state index contributed by atoms with van der Waals surface area (Å²) < 4.78 is 10.2. The van der Waals surface area contributed by atoms with E-state index in [1.54, 1.807) is 13.0 Å². The molecule has 0 amide bonds. The van der Waals surface area contributed by atoms with E-state index in [2.05, 4.69) is 0 Å². The van der Waals surface area contributed by atoms with Crippen LogP contribution in [-0.2, 0) is 4.74 Å². The first kappa shape index (κ1) is 11.9. The minimum absolute atomic E-state index is 0.137. The molecule has 92 valence electrons. The molecule has 0 spiro atoms. The first-order valence-corrected chi connectivity index (χ1v) is 5.58. The fourth-order valence-electron chi connectivity index (χ4n) is 1.97. The normalized spacial score (nSPS) is 16.0. The number of rotatable bonds is 2. The molecule has 1 aliphatic heterocycles. The molecule has 0 radical (unpaired) electrons. The minimum Gasteiger partial charge on any atom is -0.428 e. The number of nitrogens with zero attached hydrogens (tertiary/aromatic N) is 1. The van der Waals surface area contributed by atoms with Crippen LogP contribution in [0.15, 0.2) is 15.3 Å². The van der Waals surface area contributed by atoms with Crippen LogP contribution in [0.3, 0.4) is 0 Å². The van der Waals surface area contributed by atoms with Gasteiger partial charge in [-0.25, -0.2) is 4.79 Å². The molecule has 0 aliphatic carbocycles. The van der Waals surface area contributed by atoms with E-state index in [4.69, 9.17) is 9.15 Å². The fourth-order valence-corrected chi connectivity index (χ4v) is 1.97. The maximum atomic E-state index is 11.7. The van der Waals surface area contributed by atoms with Crippen molar-refractivity contribution < 1.29 is 13.9 Å². The minimum atomic E-state index is -0.556. The Kier molecular flexibility index (Phi) is 3.28. The summed E-state index contributed by atoms with van der Waals surface area (Å²) in [6.07, 6.45) is 0. The molecule has 1 aromatic rings. The average molecular weight is 237 g/mol. The lowest BCUT2D eigenvalue weighted by molar-refractivity contribution is 0.101. The highest BCUT2D eigenvalue weighted by molar-refractivity contribution is 5.99. The molecule has 0 saturated carbocycles. The summed E-state index contributed by atoms with van der Waals surface area (Å²) in [5, 5.41) is 0. The lowest BCUT2D eigenvalue weighted by Gasteiger charge is -2.29. The number of ether oxygens (including phenoxy) is 1. The number of carbonyl (C=O) groups excluding carboxylic acids is 1. The molecule has 2 heterocycles. The van der Waals surface area contributed by atoms with Gasteiger partial charge in [-0.05, 0) is 13.8 Å². The molecule has 2 rings (SSSR count). The van der Waals surface area contributed by atoms with Gasteiger partial charge >= 0.3 is 5.63 Å². The molecule has 1 saturated heterocycles. The topological polar surface area (TPSA) is 59.8 Å². The monoisotopic (exact) mass is 237 g/mol. The van der Waals surface area contributed by atoms with Gasteiger partial charge in [0.05, 0.1) is 18.9 Å². The van der Waals surface area contributed by atoms with E-state index < -0.39 is 5.63 Å². The van der Waals surface area contributed by atoms with Gasteiger partial charge in [0.15, 0.2) is 5.78 Å². The van der Waals surface area contributed by atoms with E-state index in [1.807, 2.05) is 4.90 Å². The van der Waals surface area contributed by atoms with Gasteiger partial charge in [0.1, 0.15) is 11.3 Å². The molecule has 5 heteroatoms. The Hall–Kier alpha value is -1.62. The Labute approximate surface area is 99.0 Å². The van der Waals surface area contributed by atoms with Gasteiger partial charge in [0.25, 0.3) is 0 Å². The van der Waals surface area contributed by atoms with Crippen molar-refractivity contribution in [3.05, 3.63) is 27.8 Å². The van der Waals surface area contributed by atoms with Crippen molar-refractivity contribution in [3.63, 3.8) is 0 Å². The second-order valence-electron chi connectivity index (χ2n) is 4.06. The van der Waals surface area contributed by atoms with Crippen molar-refractivity contribution in [1.82, 2.24) is 0 Å². The van der Waals surface area contributed by atoms with Crippen molar-refractivity contribution in [3.8, 4) is 0 Å². The van der Waals surface area contributed by atoms with E-state index in [-0.39, 0.29) is 11.3 Å². The maximum Gasteiger partial charge on any atom is 0.348 e. The number of morpholine rings is 1. The van der Waals surface area contributed by atoms with E-state index in [0.29, 0.717) is 37.8 Å². The highest BCUT2D eigenvalue weighted by Gasteiger charge is 2.21. The average Bonchev–Trinajstić information content (AvgIpc) is 2.28. The summed E-state index contributed by atoms with van der Waals surface area (Å²) in [4.78, 5) is 25.2. The second-order valence-corrected chi connectivity index (χ2v) is 4.06. The van der Waals surface area contributed by atoms with Crippen LogP contribution in [0.2, 0.25) is 0 Å². The Balaban J connectivity index is 2.50. The number of anilines is 1. The zero-order chi connectivity index (χ0) is 12.4. The molecule has 5 nitrogen and oxygen atoms in total. The zero-order valence-electron chi connectivity index (χ0n) is 9.99. The molecular formula is C12H15NO4. The number of Topliss-reactive ketones (excluding diaryl/α,β-unsaturated/α-hetero) is 1. The summed E-state index contributed by atoms with van der Waals surface area (Å²) in [5.74, 6) is 0.252. The van der Waals surface area contributed by atoms with Crippen LogP contribution in [0.25, 0.3) is 0 Å². The van der Waals surface area contributed by atoms with Gasteiger partial charge in [-0.2, -0.15) is 0 Å². The van der Waals surface area contributed by atoms with Gasteiger partial charge in [-0.1, -0.05) is 0 Å². The summed E-state index contributed by atoms with van der Waals surface area (Å²) in [5.41, 5.74) is 0.242. The largest absolute Gasteiger partial charge is 0.428 e. The molecule has 0 unspecified atom stereocenters. The van der Waals surface area contributed by atoms with Gasteiger partial charge in [-0.3, -0.25) is 4.79 Å². The number of hydrogen-bond donors (Lipinski definition) is 0. The first-order chi connectivity index (χ1) is 8.09. The highest BCUT2D eigenvalue weighted by atomic mass is 16.5. The lowest BCUT2D eigenvalue weighted by atomic mass is 10.1. The number of ketones is 1. The Morgan fingerprint density at radius 1 is 1.35 bits per heavy atom. The molecule has 1 aliphatic rings. The summed E-state index contributed by atoms with van der Waals surface area (Å²) in [6, 6.07) is 1.74. The highest BCUT2D eigenvalue weighted by Crippen LogP contribution is 2.20. The number of hydrogen-bond acceptors (Lipinski definition) is 5. The summed E-state index contributed by atoms with van der Waals surface area (Å²) >= 11 is 0. The van der Waals surface area contributed by atoms with Crippen molar-refractivity contribution in [1.29, 1.82) is 0 Å². The van der Waals surface area contributed by atoms with Crippen LogP contribution in [-0.4, -0.2) is 32.1 Å². The molecule has 0 N–H and O–H groups in total. The lowest BCUT2D eigenvalue weighted by Crippen LogP contribution is -2.38. The SMILES string of the molecule is CC(=O)c1c(N2CCOCC2)cc(C)oc1=O. The first-order valence-electron chi connectivity index (χ1n) is 5.58. The third-order valence-electron chi connectivity index (χ3n) is 2.76. The Morgan fingerprint density at radius 2 is 2.00 bits per heavy atom. The van der Waals surface area contributed by atoms with Crippen LogP contribution < -0.4 is 10.5 Å². The molecule has 1 fully saturated rings. The predicted octanol–water partition coefficient (Wildman–Crippen LogP) is 0.987. The quantitative estimate of drug-likeness (QED) is 0.718. The van der Waals surface area contributed by atoms with Crippen LogP contribution in [0.5, 0.6) is 0 Å². The third-order valence-corrected chi connectivity index (χ3v) is 2.76. The smallest absolute Gasteiger partial charge is 0.348 e. The van der Waals surface area contributed by atoms with Crippen LogP contribution in [0.4, 0.5) is 5.69 Å².